The number of benzene rings is 2. The molecule has 0 fully saturated rings. The Bertz CT molecular complexity index is 371. The normalized spacial score (nSPS) is 8.25. The zero-order chi connectivity index (χ0) is 11.1. The average molecular weight is 228 g/mol. The van der Waals surface area contributed by atoms with Gasteiger partial charge in [0.1, 0.15) is 17.2 Å². The fourth-order valence-corrected chi connectivity index (χ4v) is 0.881. The van der Waals surface area contributed by atoms with Crippen LogP contribution < -0.4 is 29.6 Å². The summed E-state index contributed by atoms with van der Waals surface area (Å²) < 4.78 is 0. The van der Waals surface area contributed by atoms with Crippen molar-refractivity contribution in [1.82, 2.24) is 0 Å². The predicted molar refractivity (Wildman–Crippen MR) is 59.0 cm³/mol. The van der Waals surface area contributed by atoms with Crippen molar-refractivity contribution < 1.29 is 46.3 Å². The van der Waals surface area contributed by atoms with Crippen LogP contribution in [0.15, 0.2) is 54.6 Å². The number of para-hydroxylation sites is 1. The van der Waals surface area contributed by atoms with Crippen LogP contribution in [0.5, 0.6) is 17.2 Å². The molecule has 0 aliphatic rings. The minimum absolute atomic E-state index is 0. The van der Waals surface area contributed by atoms with E-state index in [9.17, 15) is 0 Å². The molecule has 0 radical (unpaired) electrons. The summed E-state index contributed by atoms with van der Waals surface area (Å²) in [7, 11) is 0. The molecule has 0 amide bonds. The number of aromatic hydroxyl groups is 3. The molecule has 2 rings (SSSR count). The van der Waals surface area contributed by atoms with Gasteiger partial charge in [-0.25, -0.2) is 0 Å². The first-order chi connectivity index (χ1) is 7.18. The fourth-order valence-electron chi connectivity index (χ4n) is 0.881. The van der Waals surface area contributed by atoms with Crippen molar-refractivity contribution in [3.63, 3.8) is 0 Å². The van der Waals surface area contributed by atoms with Crippen LogP contribution in [0.25, 0.3) is 0 Å². The van der Waals surface area contributed by atoms with E-state index in [-0.39, 0.29) is 42.5 Å². The number of hydrogen-bond donors (Lipinski definition) is 3. The summed E-state index contributed by atoms with van der Waals surface area (Å²) in [6.07, 6.45) is 0. The van der Waals surface area contributed by atoms with Crippen molar-refractivity contribution >= 4 is 0 Å². The van der Waals surface area contributed by atoms with Crippen molar-refractivity contribution in [2.24, 2.45) is 0 Å². The van der Waals surface area contributed by atoms with Crippen molar-refractivity contribution in [1.29, 1.82) is 0 Å². The van der Waals surface area contributed by atoms with Crippen LogP contribution in [0.1, 0.15) is 1.43 Å². The first-order valence-electron chi connectivity index (χ1n) is 4.40. The molecule has 2 aromatic rings. The Morgan fingerprint density at radius 1 is 0.562 bits per heavy atom. The number of phenols is 3. The Morgan fingerprint density at radius 2 is 0.875 bits per heavy atom. The Morgan fingerprint density at radius 3 is 1.12 bits per heavy atom. The van der Waals surface area contributed by atoms with E-state index in [0.29, 0.717) is 5.75 Å². The van der Waals surface area contributed by atoms with E-state index >= 15 is 0 Å². The first-order valence-corrected chi connectivity index (χ1v) is 4.40. The maximum atomic E-state index is 8.65. The van der Waals surface area contributed by atoms with E-state index in [1.165, 1.54) is 24.3 Å². The van der Waals surface area contributed by atoms with Crippen LogP contribution in [0.2, 0.25) is 0 Å². The molecule has 0 spiro atoms. The van der Waals surface area contributed by atoms with Gasteiger partial charge in [0.2, 0.25) is 0 Å². The van der Waals surface area contributed by atoms with Gasteiger partial charge in [-0.2, -0.15) is 0 Å². The molecule has 0 aliphatic heterocycles. The zero-order valence-corrected chi connectivity index (χ0v) is 11.0. The molecule has 0 saturated carbocycles. The molecule has 0 aliphatic carbocycles. The molecule has 16 heavy (non-hydrogen) atoms. The number of hydrogen-bond acceptors (Lipinski definition) is 3. The molecule has 4 heteroatoms. The Kier molecular flexibility index (Phi) is 7.46. The molecule has 3 nitrogen and oxygen atoms in total. The molecule has 80 valence electrons. The van der Waals surface area contributed by atoms with E-state index in [4.69, 9.17) is 15.3 Å². The molecule has 0 atom stereocenters. The third-order valence-electron chi connectivity index (χ3n) is 1.61. The molecule has 0 unspecified atom stereocenters. The Hall–Kier alpha value is -1.16. The third-order valence-corrected chi connectivity index (χ3v) is 1.61. The second-order valence-electron chi connectivity index (χ2n) is 2.85. The van der Waals surface area contributed by atoms with Crippen molar-refractivity contribution in [2.45, 2.75) is 0 Å². The largest absolute Gasteiger partial charge is 1.00 e. The van der Waals surface area contributed by atoms with Crippen LogP contribution in [0.3, 0.4) is 0 Å². The van der Waals surface area contributed by atoms with Gasteiger partial charge in [0.05, 0.1) is 0 Å². The van der Waals surface area contributed by atoms with Crippen LogP contribution in [-0.2, 0) is 0 Å². The summed E-state index contributed by atoms with van der Waals surface area (Å²) in [5.74, 6) is 0.660. The molecule has 0 bridgehead atoms. The first kappa shape index (κ1) is 14.8. The Labute approximate surface area is 118 Å². The smallest absolute Gasteiger partial charge is 1.00 e. The van der Waals surface area contributed by atoms with Crippen LogP contribution in [-0.4, -0.2) is 15.3 Å². The topological polar surface area (TPSA) is 60.7 Å². The van der Waals surface area contributed by atoms with Crippen molar-refractivity contribution in [2.75, 3.05) is 0 Å². The third kappa shape index (κ3) is 6.35. The molecule has 0 saturated heterocycles. The molecule has 2 aromatic carbocycles. The van der Waals surface area contributed by atoms with Gasteiger partial charge in [-0.05, 0) is 36.4 Å². The maximum absolute atomic E-state index is 8.65. The number of rotatable bonds is 0. The molecular weight excluding hydrogens is 215 g/mol. The van der Waals surface area contributed by atoms with Crippen LogP contribution in [0.4, 0.5) is 0 Å². The monoisotopic (exact) mass is 228 g/mol. The summed E-state index contributed by atoms with van der Waals surface area (Å²) in [5, 5.41) is 25.9. The second kappa shape index (κ2) is 8.05. The van der Waals surface area contributed by atoms with Gasteiger partial charge in [0.25, 0.3) is 0 Å². The van der Waals surface area contributed by atoms with Gasteiger partial charge in [-0.15, -0.1) is 0 Å². The predicted octanol–water partition coefficient (Wildman–Crippen LogP) is -0.394. The quantitative estimate of drug-likeness (QED) is 0.425. The summed E-state index contributed by atoms with van der Waals surface area (Å²) >= 11 is 0. The molecule has 0 heterocycles. The van der Waals surface area contributed by atoms with Crippen LogP contribution >= 0.6 is 0 Å². The van der Waals surface area contributed by atoms with E-state index in [1.54, 1.807) is 24.3 Å². The van der Waals surface area contributed by atoms with Gasteiger partial charge in [-0.1, -0.05) is 18.2 Å². The van der Waals surface area contributed by atoms with Gasteiger partial charge in [0.15, 0.2) is 0 Å². The average Bonchev–Trinajstić information content (AvgIpc) is 2.25. The Balaban J connectivity index is 0. The zero-order valence-electron chi connectivity index (χ0n) is 10.0. The van der Waals surface area contributed by atoms with Crippen molar-refractivity contribution in [3.05, 3.63) is 54.6 Å². The van der Waals surface area contributed by atoms with Gasteiger partial charge in [0, 0.05) is 0 Å². The summed E-state index contributed by atoms with van der Waals surface area (Å²) in [6, 6.07) is 14.4. The van der Waals surface area contributed by atoms with E-state index in [1.807, 2.05) is 6.07 Å². The van der Waals surface area contributed by atoms with E-state index in [0.717, 1.165) is 0 Å². The molecule has 3 N–H and O–H groups in total. The SMILES string of the molecule is Oc1ccc(O)cc1.Oc1ccccc1.[H-].[Na+]. The molecular formula is C12H13NaO3. The number of phenolic OH excluding ortho intramolecular Hbond substituents is 3. The van der Waals surface area contributed by atoms with Crippen LogP contribution in [0, 0.1) is 0 Å². The summed E-state index contributed by atoms with van der Waals surface area (Å²) in [5.41, 5.74) is 0. The van der Waals surface area contributed by atoms with Gasteiger partial charge < -0.3 is 16.7 Å². The summed E-state index contributed by atoms with van der Waals surface area (Å²) in [4.78, 5) is 0. The fraction of sp³-hybridized carbons (Fsp3) is 0. The van der Waals surface area contributed by atoms with Crippen molar-refractivity contribution in [3.8, 4) is 17.2 Å². The minimum Gasteiger partial charge on any atom is -1.00 e. The standard InChI is InChI=1S/C6H6O2.C6H6O.Na.H/c7-5-1-2-6(8)4-3-5;7-6-4-2-1-3-5-6;;/h1-4,7-8H;1-5,7H;;/q;;+1;-1. The maximum Gasteiger partial charge on any atom is 1.00 e. The van der Waals surface area contributed by atoms with Gasteiger partial charge in [-0.3, -0.25) is 0 Å². The summed E-state index contributed by atoms with van der Waals surface area (Å²) in [6.45, 7) is 0. The van der Waals surface area contributed by atoms with E-state index in [2.05, 4.69) is 0 Å². The molecule has 0 aromatic heterocycles. The van der Waals surface area contributed by atoms with Gasteiger partial charge >= 0.3 is 29.6 Å². The minimum atomic E-state index is 0. The second-order valence-corrected chi connectivity index (χ2v) is 2.85. The van der Waals surface area contributed by atoms with E-state index < -0.39 is 0 Å².